The van der Waals surface area contributed by atoms with E-state index in [9.17, 15) is 9.59 Å². The highest BCUT2D eigenvalue weighted by Crippen LogP contribution is 2.45. The van der Waals surface area contributed by atoms with E-state index in [4.69, 9.17) is 11.6 Å². The lowest BCUT2D eigenvalue weighted by atomic mass is 10.2. The van der Waals surface area contributed by atoms with E-state index in [1.807, 2.05) is 12.1 Å². The van der Waals surface area contributed by atoms with Gasteiger partial charge in [0.25, 0.3) is 11.5 Å². The Morgan fingerprint density at radius 1 is 1.06 bits per heavy atom. The molecular formula is C23H19ClN4O2S2. The summed E-state index contributed by atoms with van der Waals surface area (Å²) in [4.78, 5) is 29.8. The van der Waals surface area contributed by atoms with Gasteiger partial charge in [0.1, 0.15) is 14.2 Å². The Kier molecular flexibility index (Phi) is 5.23. The molecule has 1 aromatic heterocycles. The van der Waals surface area contributed by atoms with E-state index in [0.29, 0.717) is 31.2 Å². The van der Waals surface area contributed by atoms with Crippen LogP contribution in [0, 0.1) is 0 Å². The van der Waals surface area contributed by atoms with Crippen LogP contribution in [0.5, 0.6) is 0 Å². The monoisotopic (exact) mass is 482 g/mol. The first kappa shape index (κ1) is 21.1. The first-order valence-electron chi connectivity index (χ1n) is 10.0. The van der Waals surface area contributed by atoms with E-state index >= 15 is 0 Å². The van der Waals surface area contributed by atoms with Crippen LogP contribution in [-0.4, -0.2) is 22.7 Å². The minimum Gasteiger partial charge on any atom is -0.334 e. The first-order chi connectivity index (χ1) is 15.4. The highest BCUT2D eigenvalue weighted by Gasteiger charge is 2.32. The summed E-state index contributed by atoms with van der Waals surface area (Å²) in [5, 5.41) is 7.30. The van der Waals surface area contributed by atoms with E-state index in [0.717, 1.165) is 22.2 Å². The van der Waals surface area contributed by atoms with Gasteiger partial charge in [-0.2, -0.15) is 10.1 Å². The second kappa shape index (κ2) is 7.95. The standard InChI is InChI=1S/C23H19ClN4O2S2/c1-4-27-16-7-5-6-8-17(16)31-23(27)19-21(30)26(3)22(32-19)18-13(2)25-28(20(18)29)15-11-9-14(24)10-12-15/h5-12H,4H2,1-3H3. The van der Waals surface area contributed by atoms with Crippen molar-refractivity contribution in [1.29, 1.82) is 0 Å². The van der Waals surface area contributed by atoms with Crippen LogP contribution < -0.4 is 24.7 Å². The Hall–Kier alpha value is -2.81. The number of amides is 1. The SMILES string of the molecule is CCN1C(=c2sc(=C3C(=O)N(c4ccc(Cl)cc4)N=C3C)n(C)c2=O)Sc2ccccc21. The molecule has 1 amide bonds. The molecule has 32 heavy (non-hydrogen) atoms. The lowest BCUT2D eigenvalue weighted by molar-refractivity contribution is -0.112. The van der Waals surface area contributed by atoms with Crippen LogP contribution in [0.4, 0.5) is 11.4 Å². The molecule has 0 spiro atoms. The molecule has 0 atom stereocenters. The van der Waals surface area contributed by atoms with Gasteiger partial charge in [-0.05, 0) is 50.2 Å². The number of nitrogens with zero attached hydrogens (tertiary/aromatic N) is 4. The predicted octanol–water partition coefficient (Wildman–Crippen LogP) is 3.37. The molecule has 0 saturated heterocycles. The number of thioether (sulfide) groups is 1. The molecular weight excluding hydrogens is 464 g/mol. The summed E-state index contributed by atoms with van der Waals surface area (Å²) >= 11 is 8.91. The summed E-state index contributed by atoms with van der Waals surface area (Å²) in [6.45, 7) is 4.60. The minimum absolute atomic E-state index is 0.114. The van der Waals surface area contributed by atoms with E-state index in [1.54, 1.807) is 54.6 Å². The zero-order chi connectivity index (χ0) is 22.6. The van der Waals surface area contributed by atoms with Gasteiger partial charge in [-0.3, -0.25) is 9.59 Å². The summed E-state index contributed by atoms with van der Waals surface area (Å²) in [7, 11) is 1.71. The maximum absolute atomic E-state index is 13.3. The van der Waals surface area contributed by atoms with Crippen molar-refractivity contribution in [3.8, 4) is 0 Å². The van der Waals surface area contributed by atoms with Gasteiger partial charge in [0, 0.05) is 23.5 Å². The summed E-state index contributed by atoms with van der Waals surface area (Å²) in [5.74, 6) is -0.257. The Morgan fingerprint density at radius 2 is 1.78 bits per heavy atom. The van der Waals surface area contributed by atoms with Gasteiger partial charge in [-0.25, -0.2) is 0 Å². The highest BCUT2D eigenvalue weighted by molar-refractivity contribution is 8.08. The molecule has 3 aromatic rings. The average Bonchev–Trinajstić information content (AvgIpc) is 3.40. The molecule has 2 aliphatic rings. The number of anilines is 2. The Balaban J connectivity index is 1.69. The van der Waals surface area contributed by atoms with E-state index in [1.165, 1.54) is 16.3 Å². The fraction of sp³-hybridized carbons (Fsp3) is 0.174. The van der Waals surface area contributed by atoms with Crippen LogP contribution in [-0.2, 0) is 11.8 Å². The molecule has 0 fully saturated rings. The third kappa shape index (κ3) is 3.21. The van der Waals surface area contributed by atoms with Crippen molar-refractivity contribution in [1.82, 2.24) is 4.57 Å². The molecule has 0 saturated carbocycles. The molecule has 6 nitrogen and oxygen atoms in total. The number of hydrogen-bond donors (Lipinski definition) is 0. The van der Waals surface area contributed by atoms with Crippen molar-refractivity contribution < 1.29 is 4.79 Å². The van der Waals surface area contributed by atoms with Gasteiger partial charge in [0.2, 0.25) is 0 Å². The maximum Gasteiger partial charge on any atom is 0.283 e. The lowest BCUT2D eigenvalue weighted by Gasteiger charge is -2.16. The number of para-hydroxylation sites is 1. The fourth-order valence-electron chi connectivity index (χ4n) is 3.83. The zero-order valence-electron chi connectivity index (χ0n) is 17.6. The third-order valence-corrected chi connectivity index (χ3v) is 8.23. The molecule has 2 aliphatic heterocycles. The normalized spacial score (nSPS) is 19.0. The molecule has 9 heteroatoms. The number of hydrazone groups is 1. The molecule has 162 valence electrons. The van der Waals surface area contributed by atoms with Crippen LogP contribution >= 0.6 is 34.7 Å². The molecule has 5 rings (SSSR count). The predicted molar refractivity (Wildman–Crippen MR) is 133 cm³/mol. The molecule has 2 aromatic carbocycles. The van der Waals surface area contributed by atoms with E-state index < -0.39 is 0 Å². The third-order valence-electron chi connectivity index (χ3n) is 5.42. The zero-order valence-corrected chi connectivity index (χ0v) is 20.0. The summed E-state index contributed by atoms with van der Waals surface area (Å²) in [5.41, 5.74) is 2.64. The number of aromatic nitrogens is 1. The van der Waals surface area contributed by atoms with Gasteiger partial charge < -0.3 is 9.47 Å². The number of benzene rings is 2. The molecule has 3 heterocycles. The van der Waals surface area contributed by atoms with Crippen molar-refractivity contribution in [3.63, 3.8) is 0 Å². The number of rotatable bonds is 2. The number of thiazole rings is 1. The largest absolute Gasteiger partial charge is 0.334 e. The lowest BCUT2D eigenvalue weighted by Crippen LogP contribution is -2.34. The number of hydrogen-bond acceptors (Lipinski definition) is 6. The maximum atomic E-state index is 13.3. The van der Waals surface area contributed by atoms with Gasteiger partial charge in [-0.1, -0.05) is 35.5 Å². The highest BCUT2D eigenvalue weighted by atomic mass is 35.5. The van der Waals surface area contributed by atoms with Gasteiger partial charge >= 0.3 is 0 Å². The van der Waals surface area contributed by atoms with Crippen LogP contribution in [0.3, 0.4) is 0 Å². The van der Waals surface area contributed by atoms with E-state index in [2.05, 4.69) is 29.1 Å². The number of carbonyl (C=O) groups is 1. The van der Waals surface area contributed by atoms with Gasteiger partial charge in [-0.15, -0.1) is 11.3 Å². The Morgan fingerprint density at radius 3 is 2.50 bits per heavy atom. The summed E-state index contributed by atoms with van der Waals surface area (Å²) in [6.07, 6.45) is 0. The molecule has 0 N–H and O–H groups in total. The van der Waals surface area contributed by atoms with Crippen LogP contribution in [0.25, 0.3) is 10.6 Å². The van der Waals surface area contributed by atoms with Gasteiger partial charge in [0.05, 0.1) is 22.7 Å². The Labute approximate surface area is 197 Å². The molecule has 0 radical (unpaired) electrons. The number of halogens is 1. The quantitative estimate of drug-likeness (QED) is 0.562. The van der Waals surface area contributed by atoms with Crippen molar-refractivity contribution in [2.75, 3.05) is 16.5 Å². The minimum atomic E-state index is -0.257. The van der Waals surface area contributed by atoms with Crippen LogP contribution in [0.15, 0.2) is 63.3 Å². The topological polar surface area (TPSA) is 57.9 Å². The molecule has 0 unspecified atom stereocenters. The van der Waals surface area contributed by atoms with Crippen molar-refractivity contribution in [2.45, 2.75) is 18.7 Å². The summed E-state index contributed by atoms with van der Waals surface area (Å²) < 4.78 is 2.79. The molecule has 0 bridgehead atoms. The molecule has 0 aliphatic carbocycles. The first-order valence-corrected chi connectivity index (χ1v) is 12.1. The second-order valence-electron chi connectivity index (χ2n) is 7.37. The van der Waals surface area contributed by atoms with E-state index in [-0.39, 0.29) is 11.5 Å². The van der Waals surface area contributed by atoms with Crippen molar-refractivity contribution >= 4 is 68.3 Å². The Bertz CT molecular complexity index is 1470. The smallest absolute Gasteiger partial charge is 0.283 e. The van der Waals surface area contributed by atoms with Crippen LogP contribution in [0.2, 0.25) is 5.02 Å². The fourth-order valence-corrected chi connectivity index (χ4v) is 6.54. The van der Waals surface area contributed by atoms with Gasteiger partial charge in [0.15, 0.2) is 0 Å². The van der Waals surface area contributed by atoms with Crippen molar-refractivity contribution in [3.05, 3.63) is 73.1 Å². The second-order valence-corrected chi connectivity index (χ2v) is 9.84. The van der Waals surface area contributed by atoms with Crippen molar-refractivity contribution in [2.24, 2.45) is 12.1 Å². The summed E-state index contributed by atoms with van der Waals surface area (Å²) in [6, 6.07) is 15.1. The van der Waals surface area contributed by atoms with Crippen LogP contribution in [0.1, 0.15) is 13.8 Å². The number of fused-ring (bicyclic) bond motifs is 1. The average molecular weight is 483 g/mol. The number of carbonyl (C=O) groups excluding carboxylic acids is 1.